The zero-order valence-corrected chi connectivity index (χ0v) is 7.73. The van der Waals surface area contributed by atoms with Gasteiger partial charge in [0, 0.05) is 18.8 Å². The van der Waals surface area contributed by atoms with Crippen LogP contribution >= 0.6 is 0 Å². The Labute approximate surface area is 83.0 Å². The largest absolute Gasteiger partial charge is 0.480 e. The minimum absolute atomic E-state index is 0.0133. The van der Waals surface area contributed by atoms with E-state index in [4.69, 9.17) is 12.0 Å². The first-order chi connectivity index (χ1) is 6.68. The van der Waals surface area contributed by atoms with E-state index in [9.17, 15) is 4.79 Å². The van der Waals surface area contributed by atoms with E-state index in [0.717, 1.165) is 12.0 Å². The fourth-order valence-corrected chi connectivity index (χ4v) is 1.08. The molecule has 1 heterocycles. The molecule has 0 spiro atoms. The summed E-state index contributed by atoms with van der Waals surface area (Å²) in [6, 6.07) is 3.64. The molecule has 0 bridgehead atoms. The average Bonchev–Trinajstić information content (AvgIpc) is 2.12. The van der Waals surface area contributed by atoms with Gasteiger partial charge in [0.1, 0.15) is 0 Å². The van der Waals surface area contributed by atoms with Crippen molar-refractivity contribution >= 4 is 5.97 Å². The number of aromatic nitrogens is 1. The number of carboxylic acids is 1. The van der Waals surface area contributed by atoms with E-state index in [-0.39, 0.29) is 6.54 Å². The number of hydrogen-bond acceptors (Lipinski definition) is 3. The third-order valence-corrected chi connectivity index (χ3v) is 1.71. The highest BCUT2D eigenvalue weighted by atomic mass is 16.4. The molecule has 0 amide bonds. The maximum Gasteiger partial charge on any atom is 0.317 e. The first kappa shape index (κ1) is 10.7. The van der Waals surface area contributed by atoms with Gasteiger partial charge < -0.3 is 10.4 Å². The number of rotatable bonds is 5. The van der Waals surface area contributed by atoms with Gasteiger partial charge in [-0.1, -0.05) is 0 Å². The molecule has 2 radical (unpaired) electrons. The van der Waals surface area contributed by atoms with Crippen LogP contribution in [0.15, 0.2) is 18.3 Å². The van der Waals surface area contributed by atoms with Crippen molar-refractivity contribution in [2.24, 2.45) is 0 Å². The molecule has 14 heavy (non-hydrogen) atoms. The smallest absolute Gasteiger partial charge is 0.317 e. The Bertz CT molecular complexity index is 313. The lowest BCUT2D eigenvalue weighted by Gasteiger charge is -2.02. The Morgan fingerprint density at radius 1 is 1.64 bits per heavy atom. The zero-order chi connectivity index (χ0) is 10.4. The van der Waals surface area contributed by atoms with Gasteiger partial charge in [-0.15, -0.1) is 0 Å². The molecule has 74 valence electrons. The summed E-state index contributed by atoms with van der Waals surface area (Å²) < 4.78 is 0. The van der Waals surface area contributed by atoms with Gasteiger partial charge in [-0.05, 0) is 30.7 Å². The van der Waals surface area contributed by atoms with E-state index in [1.807, 2.05) is 6.07 Å². The van der Waals surface area contributed by atoms with E-state index in [1.54, 1.807) is 12.3 Å². The summed E-state index contributed by atoms with van der Waals surface area (Å²) >= 11 is 0. The monoisotopic (exact) mass is 192 g/mol. The molecule has 0 atom stereocenters. The highest BCUT2D eigenvalue weighted by Gasteiger charge is 1.96. The van der Waals surface area contributed by atoms with Gasteiger partial charge in [-0.25, -0.2) is 0 Å². The van der Waals surface area contributed by atoms with Gasteiger partial charge in [0.05, 0.1) is 6.54 Å². The van der Waals surface area contributed by atoms with Crippen molar-refractivity contribution in [2.45, 2.75) is 6.42 Å². The normalized spacial score (nSPS) is 10.1. The van der Waals surface area contributed by atoms with Crippen molar-refractivity contribution in [1.82, 2.24) is 10.3 Å². The number of pyridine rings is 1. The molecule has 0 unspecified atom stereocenters. The van der Waals surface area contributed by atoms with Gasteiger partial charge in [0.15, 0.2) is 0 Å². The predicted octanol–water partition coefficient (Wildman–Crippen LogP) is 0.357. The minimum Gasteiger partial charge on any atom is -0.480 e. The SMILES string of the molecule is [CH]c1cc(CCNCC(=O)O)ccn1. The maximum atomic E-state index is 10.2. The van der Waals surface area contributed by atoms with Gasteiger partial charge in [-0.2, -0.15) is 0 Å². The zero-order valence-electron chi connectivity index (χ0n) is 7.73. The van der Waals surface area contributed by atoms with Crippen molar-refractivity contribution in [3.63, 3.8) is 0 Å². The molecular formula is C10H12N2O2. The van der Waals surface area contributed by atoms with E-state index >= 15 is 0 Å². The van der Waals surface area contributed by atoms with Crippen LogP contribution in [0.5, 0.6) is 0 Å². The first-order valence-corrected chi connectivity index (χ1v) is 4.31. The quantitative estimate of drug-likeness (QED) is 0.661. The average molecular weight is 192 g/mol. The Balaban J connectivity index is 2.28. The lowest BCUT2D eigenvalue weighted by atomic mass is 10.2. The van der Waals surface area contributed by atoms with Crippen LogP contribution in [0, 0.1) is 6.92 Å². The van der Waals surface area contributed by atoms with E-state index in [1.165, 1.54) is 0 Å². The van der Waals surface area contributed by atoms with Crippen LogP contribution in [-0.2, 0) is 11.2 Å². The summed E-state index contributed by atoms with van der Waals surface area (Å²) in [5.74, 6) is -0.848. The lowest BCUT2D eigenvalue weighted by molar-refractivity contribution is -0.135. The van der Waals surface area contributed by atoms with Crippen LogP contribution < -0.4 is 5.32 Å². The molecule has 1 rings (SSSR count). The molecule has 1 aromatic rings. The number of carboxylic acid groups (broad SMARTS) is 1. The Morgan fingerprint density at radius 3 is 3.07 bits per heavy atom. The van der Waals surface area contributed by atoms with Gasteiger partial charge in [0.2, 0.25) is 0 Å². The van der Waals surface area contributed by atoms with Gasteiger partial charge in [-0.3, -0.25) is 9.78 Å². The van der Waals surface area contributed by atoms with Crippen LogP contribution in [0.25, 0.3) is 0 Å². The molecule has 4 heteroatoms. The fraction of sp³-hybridized carbons (Fsp3) is 0.300. The third-order valence-electron chi connectivity index (χ3n) is 1.71. The molecule has 1 aromatic heterocycles. The molecule has 2 N–H and O–H groups in total. The second kappa shape index (κ2) is 5.34. The number of nitrogens with one attached hydrogen (secondary N) is 1. The van der Waals surface area contributed by atoms with Crippen LogP contribution in [-0.4, -0.2) is 29.1 Å². The van der Waals surface area contributed by atoms with E-state index in [2.05, 4.69) is 10.3 Å². The first-order valence-electron chi connectivity index (χ1n) is 4.31. The van der Waals surface area contributed by atoms with E-state index in [0.29, 0.717) is 12.2 Å². The molecule has 4 nitrogen and oxygen atoms in total. The number of nitrogens with zero attached hydrogens (tertiary/aromatic N) is 1. The van der Waals surface area contributed by atoms with E-state index < -0.39 is 5.97 Å². The topological polar surface area (TPSA) is 62.2 Å². The summed E-state index contributed by atoms with van der Waals surface area (Å²) in [6.45, 7) is 6.09. The summed E-state index contributed by atoms with van der Waals surface area (Å²) in [7, 11) is 0. The highest BCUT2D eigenvalue weighted by Crippen LogP contribution is 2.00. The fourth-order valence-electron chi connectivity index (χ4n) is 1.08. The highest BCUT2D eigenvalue weighted by molar-refractivity contribution is 5.68. The molecule has 0 aromatic carbocycles. The maximum absolute atomic E-state index is 10.2. The summed E-state index contributed by atoms with van der Waals surface area (Å²) in [6.07, 6.45) is 2.39. The van der Waals surface area contributed by atoms with Crippen molar-refractivity contribution < 1.29 is 9.90 Å². The van der Waals surface area contributed by atoms with Crippen LogP contribution in [0.4, 0.5) is 0 Å². The van der Waals surface area contributed by atoms with Gasteiger partial charge >= 0.3 is 5.97 Å². The molecule has 0 aliphatic rings. The molecular weight excluding hydrogens is 180 g/mol. The second-order valence-corrected chi connectivity index (χ2v) is 2.91. The Morgan fingerprint density at radius 2 is 2.43 bits per heavy atom. The standard InChI is InChI=1S/C10H12N2O2/c1-8-6-9(3-5-12-8)2-4-11-7-10(13)14/h1,3,5-6,11H,2,4,7H2,(H,13,14). The number of aliphatic carboxylic acids is 1. The predicted molar refractivity (Wildman–Crippen MR) is 51.8 cm³/mol. The summed E-state index contributed by atoms with van der Waals surface area (Å²) in [4.78, 5) is 14.0. The van der Waals surface area contributed by atoms with Crippen molar-refractivity contribution in [3.05, 3.63) is 36.5 Å². The van der Waals surface area contributed by atoms with Crippen molar-refractivity contribution in [2.75, 3.05) is 13.1 Å². The van der Waals surface area contributed by atoms with Crippen molar-refractivity contribution in [3.8, 4) is 0 Å². The molecule has 0 saturated heterocycles. The Kier molecular flexibility index (Phi) is 4.07. The Hall–Kier alpha value is -1.42. The third kappa shape index (κ3) is 4.00. The molecule has 0 aliphatic carbocycles. The second-order valence-electron chi connectivity index (χ2n) is 2.91. The molecule has 0 saturated carbocycles. The molecule has 0 fully saturated rings. The van der Waals surface area contributed by atoms with Crippen LogP contribution in [0.2, 0.25) is 0 Å². The number of hydrogen-bond donors (Lipinski definition) is 2. The molecule has 0 aliphatic heterocycles. The van der Waals surface area contributed by atoms with Crippen LogP contribution in [0.3, 0.4) is 0 Å². The lowest BCUT2D eigenvalue weighted by Crippen LogP contribution is -2.24. The number of carbonyl (C=O) groups is 1. The van der Waals surface area contributed by atoms with Crippen molar-refractivity contribution in [1.29, 1.82) is 0 Å². The van der Waals surface area contributed by atoms with Gasteiger partial charge in [0.25, 0.3) is 0 Å². The minimum atomic E-state index is -0.848. The summed E-state index contributed by atoms with van der Waals surface area (Å²) in [5, 5.41) is 11.2. The summed E-state index contributed by atoms with van der Waals surface area (Å²) in [5.41, 5.74) is 1.54. The van der Waals surface area contributed by atoms with Crippen LogP contribution in [0.1, 0.15) is 11.3 Å².